The monoisotopic (exact) mass is 387 g/mol. The molecular weight excluding hydrogens is 362 g/mol. The normalized spacial score (nSPS) is 17.8. The number of hydrogen-bond acceptors (Lipinski definition) is 3. The molecule has 2 aromatic rings. The first kappa shape index (κ1) is 17.5. The molecule has 0 saturated carbocycles. The van der Waals surface area contributed by atoms with Crippen LogP contribution in [-0.4, -0.2) is 31.6 Å². The summed E-state index contributed by atoms with van der Waals surface area (Å²) in [6.45, 7) is 3.42. The number of likely N-dealkylation sites (tertiary alicyclic amines) is 1. The van der Waals surface area contributed by atoms with Crippen LogP contribution in [0.2, 0.25) is 0 Å². The predicted molar refractivity (Wildman–Crippen MR) is 105 cm³/mol. The highest BCUT2D eigenvalue weighted by atomic mass is 79.9. The van der Waals surface area contributed by atoms with Crippen molar-refractivity contribution in [2.45, 2.75) is 18.9 Å². The third-order valence-electron chi connectivity index (χ3n) is 4.94. The maximum absolute atomic E-state index is 6.29. The zero-order valence-corrected chi connectivity index (χ0v) is 15.8. The van der Waals surface area contributed by atoms with Crippen molar-refractivity contribution in [3.63, 3.8) is 0 Å². The van der Waals surface area contributed by atoms with Gasteiger partial charge in [0.05, 0.1) is 6.04 Å². The SMILES string of the molecule is CN1CCC(CNC(c2ccccc2)c2cc(Br)ccc2N)CC1. The summed E-state index contributed by atoms with van der Waals surface area (Å²) in [5, 5.41) is 3.79. The van der Waals surface area contributed by atoms with Crippen molar-refractivity contribution in [2.75, 3.05) is 32.4 Å². The molecule has 1 fully saturated rings. The second-order valence-electron chi connectivity index (χ2n) is 6.77. The van der Waals surface area contributed by atoms with Crippen LogP contribution in [0.3, 0.4) is 0 Å². The van der Waals surface area contributed by atoms with Gasteiger partial charge in [0.15, 0.2) is 0 Å². The van der Waals surface area contributed by atoms with Gasteiger partial charge in [0, 0.05) is 10.2 Å². The summed E-state index contributed by atoms with van der Waals surface area (Å²) in [7, 11) is 2.21. The van der Waals surface area contributed by atoms with Crippen molar-refractivity contribution in [1.29, 1.82) is 0 Å². The van der Waals surface area contributed by atoms with Crippen LogP contribution in [0.15, 0.2) is 53.0 Å². The van der Waals surface area contributed by atoms with Crippen molar-refractivity contribution < 1.29 is 0 Å². The van der Waals surface area contributed by atoms with E-state index in [1.165, 1.54) is 31.5 Å². The van der Waals surface area contributed by atoms with Crippen LogP contribution in [0.4, 0.5) is 5.69 Å². The van der Waals surface area contributed by atoms with E-state index in [9.17, 15) is 0 Å². The standard InChI is InChI=1S/C20H26BrN3/c1-24-11-9-15(10-12-24)14-23-20(16-5-3-2-4-6-16)18-13-17(21)7-8-19(18)22/h2-8,13,15,20,23H,9-12,14,22H2,1H3. The molecule has 1 aliphatic heterocycles. The van der Waals surface area contributed by atoms with E-state index < -0.39 is 0 Å². The fourth-order valence-electron chi connectivity index (χ4n) is 3.40. The molecule has 1 unspecified atom stereocenters. The third-order valence-corrected chi connectivity index (χ3v) is 5.43. The molecule has 0 aromatic heterocycles. The Morgan fingerprint density at radius 3 is 2.58 bits per heavy atom. The molecule has 1 saturated heterocycles. The van der Waals surface area contributed by atoms with Crippen molar-refractivity contribution >= 4 is 21.6 Å². The highest BCUT2D eigenvalue weighted by molar-refractivity contribution is 9.10. The predicted octanol–water partition coefficient (Wildman–Crippen LogP) is 4.05. The quantitative estimate of drug-likeness (QED) is 0.760. The summed E-state index contributed by atoms with van der Waals surface area (Å²) >= 11 is 3.58. The lowest BCUT2D eigenvalue weighted by atomic mass is 9.94. The van der Waals surface area contributed by atoms with Gasteiger partial charge < -0.3 is 16.0 Å². The largest absolute Gasteiger partial charge is 0.398 e. The topological polar surface area (TPSA) is 41.3 Å². The van der Waals surface area contributed by atoms with E-state index in [2.05, 4.69) is 69.6 Å². The van der Waals surface area contributed by atoms with Crippen LogP contribution in [0.25, 0.3) is 0 Å². The Kier molecular flexibility index (Phi) is 5.93. The number of nitrogens with one attached hydrogen (secondary N) is 1. The number of anilines is 1. The third kappa shape index (κ3) is 4.38. The molecule has 0 spiro atoms. The Hall–Kier alpha value is -1.36. The average Bonchev–Trinajstić information content (AvgIpc) is 2.60. The van der Waals surface area contributed by atoms with E-state index in [1.54, 1.807) is 0 Å². The van der Waals surface area contributed by atoms with Crippen LogP contribution in [0, 0.1) is 5.92 Å². The number of halogens is 1. The molecule has 0 aliphatic carbocycles. The van der Waals surface area contributed by atoms with Gasteiger partial charge in [-0.3, -0.25) is 0 Å². The van der Waals surface area contributed by atoms with E-state index >= 15 is 0 Å². The number of nitrogen functional groups attached to an aromatic ring is 1. The first-order chi connectivity index (χ1) is 11.6. The van der Waals surface area contributed by atoms with Gasteiger partial charge in [-0.15, -0.1) is 0 Å². The maximum atomic E-state index is 6.29. The van der Waals surface area contributed by atoms with Crippen molar-refractivity contribution in [2.24, 2.45) is 5.92 Å². The molecule has 0 bridgehead atoms. The first-order valence-corrected chi connectivity index (χ1v) is 9.44. The first-order valence-electron chi connectivity index (χ1n) is 8.65. The van der Waals surface area contributed by atoms with E-state index in [0.29, 0.717) is 0 Å². The molecule has 3 N–H and O–H groups in total. The van der Waals surface area contributed by atoms with Gasteiger partial charge in [0.25, 0.3) is 0 Å². The smallest absolute Gasteiger partial charge is 0.0597 e. The minimum Gasteiger partial charge on any atom is -0.398 e. The van der Waals surface area contributed by atoms with E-state index in [1.807, 2.05) is 12.1 Å². The van der Waals surface area contributed by atoms with Gasteiger partial charge in [-0.05, 0) is 74.8 Å². The molecule has 2 aromatic carbocycles. The Morgan fingerprint density at radius 2 is 1.88 bits per heavy atom. The van der Waals surface area contributed by atoms with E-state index in [-0.39, 0.29) is 6.04 Å². The van der Waals surface area contributed by atoms with Gasteiger partial charge in [0.1, 0.15) is 0 Å². The summed E-state index contributed by atoms with van der Waals surface area (Å²) in [5.74, 6) is 0.737. The number of nitrogens with two attached hydrogens (primary N) is 1. The number of rotatable bonds is 5. The fraction of sp³-hybridized carbons (Fsp3) is 0.400. The van der Waals surface area contributed by atoms with Crippen molar-refractivity contribution in [1.82, 2.24) is 10.2 Å². The molecule has 4 heteroatoms. The zero-order valence-electron chi connectivity index (χ0n) is 14.2. The average molecular weight is 388 g/mol. The van der Waals surface area contributed by atoms with E-state index in [4.69, 9.17) is 5.73 Å². The van der Waals surface area contributed by atoms with E-state index in [0.717, 1.165) is 28.2 Å². The Morgan fingerprint density at radius 1 is 1.17 bits per heavy atom. The van der Waals surface area contributed by atoms with Crippen LogP contribution in [0.1, 0.15) is 30.0 Å². The molecule has 3 nitrogen and oxygen atoms in total. The summed E-state index contributed by atoms with van der Waals surface area (Å²) in [5.41, 5.74) is 9.52. The highest BCUT2D eigenvalue weighted by Crippen LogP contribution is 2.30. The number of nitrogens with zero attached hydrogens (tertiary/aromatic N) is 1. The van der Waals surface area contributed by atoms with Crippen LogP contribution in [-0.2, 0) is 0 Å². The van der Waals surface area contributed by atoms with Gasteiger partial charge in [-0.1, -0.05) is 46.3 Å². The highest BCUT2D eigenvalue weighted by Gasteiger charge is 2.21. The number of benzene rings is 2. The Balaban J connectivity index is 1.79. The second kappa shape index (κ2) is 8.15. The molecule has 24 heavy (non-hydrogen) atoms. The van der Waals surface area contributed by atoms with Crippen molar-refractivity contribution in [3.8, 4) is 0 Å². The lowest BCUT2D eigenvalue weighted by Crippen LogP contribution is -2.36. The molecule has 0 amide bonds. The lowest BCUT2D eigenvalue weighted by molar-refractivity contribution is 0.214. The lowest BCUT2D eigenvalue weighted by Gasteiger charge is -2.31. The fourth-order valence-corrected chi connectivity index (χ4v) is 3.78. The minimum absolute atomic E-state index is 0.128. The number of hydrogen-bond donors (Lipinski definition) is 2. The molecule has 1 atom stereocenters. The van der Waals surface area contributed by atoms with Crippen molar-refractivity contribution in [3.05, 3.63) is 64.1 Å². The van der Waals surface area contributed by atoms with Gasteiger partial charge in [-0.25, -0.2) is 0 Å². The minimum atomic E-state index is 0.128. The van der Waals surface area contributed by atoms with Gasteiger partial charge >= 0.3 is 0 Å². The Labute approximate surface area is 153 Å². The summed E-state index contributed by atoms with van der Waals surface area (Å²) in [6, 6.07) is 16.8. The van der Waals surface area contributed by atoms with Crippen LogP contribution < -0.4 is 11.1 Å². The molecule has 1 heterocycles. The molecule has 1 aliphatic rings. The van der Waals surface area contributed by atoms with Crippen LogP contribution >= 0.6 is 15.9 Å². The second-order valence-corrected chi connectivity index (χ2v) is 7.69. The maximum Gasteiger partial charge on any atom is 0.0597 e. The van der Waals surface area contributed by atoms with Crippen LogP contribution in [0.5, 0.6) is 0 Å². The molecule has 0 radical (unpaired) electrons. The summed E-state index contributed by atoms with van der Waals surface area (Å²) in [6.07, 6.45) is 2.53. The Bertz CT molecular complexity index is 651. The zero-order chi connectivity index (χ0) is 16.9. The van der Waals surface area contributed by atoms with Gasteiger partial charge in [0.2, 0.25) is 0 Å². The summed E-state index contributed by atoms with van der Waals surface area (Å²) in [4.78, 5) is 2.41. The number of piperidine rings is 1. The molecular formula is C20H26BrN3. The molecule has 128 valence electrons. The molecule has 3 rings (SSSR count). The van der Waals surface area contributed by atoms with Gasteiger partial charge in [-0.2, -0.15) is 0 Å². The summed E-state index contributed by atoms with van der Waals surface area (Å²) < 4.78 is 1.06.